The largest absolute Gasteiger partial charge is 0.475 e. The first-order valence-electron chi connectivity index (χ1n) is 7.43. The smallest absolute Gasteiger partial charge is 0.226 e. The Kier molecular flexibility index (Phi) is 5.55. The van der Waals surface area contributed by atoms with Crippen LogP contribution in [0.4, 0.5) is 5.95 Å². The number of hydrogen-bond donors (Lipinski definition) is 1. The van der Waals surface area contributed by atoms with Crippen molar-refractivity contribution in [1.29, 1.82) is 0 Å². The van der Waals surface area contributed by atoms with Crippen LogP contribution in [0, 0.1) is 0 Å². The van der Waals surface area contributed by atoms with Crippen LogP contribution in [0.15, 0.2) is 42.6 Å². The number of aromatic nitrogens is 2. The summed E-state index contributed by atoms with van der Waals surface area (Å²) in [7, 11) is 0. The second-order valence-electron chi connectivity index (χ2n) is 5.45. The summed E-state index contributed by atoms with van der Waals surface area (Å²) >= 11 is 0. The van der Waals surface area contributed by atoms with Gasteiger partial charge < -0.3 is 10.1 Å². The fraction of sp³-hybridized carbons (Fsp3) is 0.412. The van der Waals surface area contributed by atoms with Crippen molar-refractivity contribution in [2.45, 2.75) is 45.8 Å². The molecular weight excluding hydrogens is 262 g/mol. The molecule has 1 atom stereocenters. The van der Waals surface area contributed by atoms with Crippen molar-refractivity contribution in [2.75, 3.05) is 5.32 Å². The van der Waals surface area contributed by atoms with E-state index >= 15 is 0 Å². The summed E-state index contributed by atoms with van der Waals surface area (Å²) in [6, 6.07) is 12.6. The molecule has 4 heteroatoms. The Balaban J connectivity index is 1.86. The summed E-state index contributed by atoms with van der Waals surface area (Å²) in [5.41, 5.74) is 1.35. The fourth-order valence-corrected chi connectivity index (χ4v) is 2.04. The molecule has 0 saturated carbocycles. The number of nitrogens with one attached hydrogen (secondary N) is 1. The zero-order chi connectivity index (χ0) is 15.1. The van der Waals surface area contributed by atoms with Crippen LogP contribution in [-0.4, -0.2) is 22.1 Å². The van der Waals surface area contributed by atoms with E-state index in [-0.39, 0.29) is 6.10 Å². The molecule has 2 aromatic rings. The molecule has 112 valence electrons. The molecule has 0 amide bonds. The first-order valence-corrected chi connectivity index (χ1v) is 7.43. The number of nitrogens with zero attached hydrogens (tertiary/aromatic N) is 2. The minimum atomic E-state index is 0.114. The van der Waals surface area contributed by atoms with Crippen molar-refractivity contribution in [1.82, 2.24) is 9.97 Å². The lowest BCUT2D eigenvalue weighted by Crippen LogP contribution is -2.18. The van der Waals surface area contributed by atoms with Gasteiger partial charge in [-0.1, -0.05) is 30.3 Å². The third-order valence-electron chi connectivity index (χ3n) is 3.07. The van der Waals surface area contributed by atoms with Crippen LogP contribution in [0.1, 0.15) is 32.8 Å². The number of aryl methyl sites for hydroxylation is 1. The lowest BCUT2D eigenvalue weighted by atomic mass is 10.1. The first kappa shape index (κ1) is 15.3. The Labute approximate surface area is 126 Å². The standard InChI is InChI=1S/C17H23N3O/c1-13(2)21-16-11-12-18-17(20-16)19-14(3)9-10-15-7-5-4-6-8-15/h4-8,11-14H,9-10H2,1-3H3,(H,18,19,20). The molecule has 4 nitrogen and oxygen atoms in total. The van der Waals surface area contributed by atoms with Crippen molar-refractivity contribution < 1.29 is 4.74 Å². The summed E-state index contributed by atoms with van der Waals surface area (Å²) in [4.78, 5) is 8.60. The van der Waals surface area contributed by atoms with Crippen LogP contribution in [0.3, 0.4) is 0 Å². The topological polar surface area (TPSA) is 47.0 Å². The number of ether oxygens (including phenoxy) is 1. The average Bonchev–Trinajstić information content (AvgIpc) is 2.46. The van der Waals surface area contributed by atoms with Crippen LogP contribution in [0.25, 0.3) is 0 Å². The van der Waals surface area contributed by atoms with Gasteiger partial charge in [0.05, 0.1) is 6.10 Å². The lowest BCUT2D eigenvalue weighted by Gasteiger charge is -2.15. The van der Waals surface area contributed by atoms with Crippen LogP contribution in [0.5, 0.6) is 5.88 Å². The van der Waals surface area contributed by atoms with E-state index in [0.29, 0.717) is 17.9 Å². The minimum absolute atomic E-state index is 0.114. The summed E-state index contributed by atoms with van der Waals surface area (Å²) < 4.78 is 5.57. The molecule has 1 unspecified atom stereocenters. The maximum absolute atomic E-state index is 5.57. The molecule has 1 aromatic carbocycles. The molecular formula is C17H23N3O. The number of hydrogen-bond acceptors (Lipinski definition) is 4. The van der Waals surface area contributed by atoms with Crippen molar-refractivity contribution >= 4 is 5.95 Å². The molecule has 0 spiro atoms. The number of rotatable bonds is 7. The molecule has 21 heavy (non-hydrogen) atoms. The van der Waals surface area contributed by atoms with Gasteiger partial charge in [0.2, 0.25) is 11.8 Å². The second kappa shape index (κ2) is 7.62. The van der Waals surface area contributed by atoms with Gasteiger partial charge in [-0.2, -0.15) is 4.98 Å². The zero-order valence-electron chi connectivity index (χ0n) is 12.9. The van der Waals surface area contributed by atoms with E-state index in [4.69, 9.17) is 4.74 Å². The first-order chi connectivity index (χ1) is 10.1. The van der Waals surface area contributed by atoms with E-state index in [1.165, 1.54) is 5.56 Å². The molecule has 1 aromatic heterocycles. The number of anilines is 1. The summed E-state index contributed by atoms with van der Waals surface area (Å²) in [5.74, 6) is 1.23. The molecule has 0 aliphatic rings. The molecule has 0 saturated heterocycles. The van der Waals surface area contributed by atoms with Gasteiger partial charge in [0.1, 0.15) is 0 Å². The van der Waals surface area contributed by atoms with E-state index in [1.54, 1.807) is 12.3 Å². The average molecular weight is 285 g/mol. The van der Waals surface area contributed by atoms with E-state index in [1.807, 2.05) is 19.9 Å². The van der Waals surface area contributed by atoms with Crippen molar-refractivity contribution in [3.8, 4) is 5.88 Å². The predicted molar refractivity (Wildman–Crippen MR) is 85.6 cm³/mol. The van der Waals surface area contributed by atoms with E-state index in [9.17, 15) is 0 Å². The highest BCUT2D eigenvalue weighted by atomic mass is 16.5. The molecule has 0 fully saturated rings. The molecule has 0 aliphatic carbocycles. The van der Waals surface area contributed by atoms with Crippen LogP contribution in [0.2, 0.25) is 0 Å². The Bertz CT molecular complexity index is 543. The van der Waals surface area contributed by atoms with Gasteiger partial charge in [0.25, 0.3) is 0 Å². The molecule has 1 N–H and O–H groups in total. The van der Waals surface area contributed by atoms with Gasteiger partial charge in [-0.05, 0) is 39.2 Å². The summed E-state index contributed by atoms with van der Waals surface area (Å²) in [6.07, 6.45) is 3.90. The number of benzene rings is 1. The van der Waals surface area contributed by atoms with Crippen molar-refractivity contribution in [3.05, 3.63) is 48.2 Å². The Morgan fingerprint density at radius 2 is 1.86 bits per heavy atom. The van der Waals surface area contributed by atoms with Crippen LogP contribution in [-0.2, 0) is 6.42 Å². The van der Waals surface area contributed by atoms with Crippen molar-refractivity contribution in [3.63, 3.8) is 0 Å². The SMILES string of the molecule is CC(CCc1ccccc1)Nc1nccc(OC(C)C)n1. The minimum Gasteiger partial charge on any atom is -0.475 e. The fourth-order valence-electron chi connectivity index (χ4n) is 2.04. The molecule has 0 radical (unpaired) electrons. The Morgan fingerprint density at radius 3 is 2.57 bits per heavy atom. The predicted octanol–water partition coefficient (Wildman–Crippen LogP) is 3.70. The molecule has 0 bridgehead atoms. The Morgan fingerprint density at radius 1 is 1.10 bits per heavy atom. The third kappa shape index (κ3) is 5.42. The second-order valence-corrected chi connectivity index (χ2v) is 5.45. The van der Waals surface area contributed by atoms with Gasteiger partial charge in [-0.25, -0.2) is 4.98 Å². The monoisotopic (exact) mass is 285 g/mol. The van der Waals surface area contributed by atoms with Crippen LogP contribution >= 0.6 is 0 Å². The highest BCUT2D eigenvalue weighted by Crippen LogP contribution is 2.12. The summed E-state index contributed by atoms with van der Waals surface area (Å²) in [6.45, 7) is 6.11. The van der Waals surface area contributed by atoms with Gasteiger partial charge >= 0.3 is 0 Å². The molecule has 0 aliphatic heterocycles. The highest BCUT2D eigenvalue weighted by Gasteiger charge is 2.06. The van der Waals surface area contributed by atoms with E-state index < -0.39 is 0 Å². The quantitative estimate of drug-likeness (QED) is 0.842. The highest BCUT2D eigenvalue weighted by molar-refractivity contribution is 5.28. The van der Waals surface area contributed by atoms with Crippen molar-refractivity contribution in [2.24, 2.45) is 0 Å². The normalized spacial score (nSPS) is 12.2. The summed E-state index contributed by atoms with van der Waals surface area (Å²) in [5, 5.41) is 3.32. The zero-order valence-corrected chi connectivity index (χ0v) is 12.9. The maximum Gasteiger partial charge on any atom is 0.226 e. The van der Waals surface area contributed by atoms with Gasteiger partial charge in [0.15, 0.2) is 0 Å². The maximum atomic E-state index is 5.57. The van der Waals surface area contributed by atoms with E-state index in [2.05, 4.69) is 46.5 Å². The Hall–Kier alpha value is -2.10. The van der Waals surface area contributed by atoms with Crippen LogP contribution < -0.4 is 10.1 Å². The van der Waals surface area contributed by atoms with Gasteiger partial charge in [-0.15, -0.1) is 0 Å². The molecule has 1 heterocycles. The lowest BCUT2D eigenvalue weighted by molar-refractivity contribution is 0.232. The third-order valence-corrected chi connectivity index (χ3v) is 3.07. The van der Waals surface area contributed by atoms with E-state index in [0.717, 1.165) is 12.8 Å². The van der Waals surface area contributed by atoms with Gasteiger partial charge in [0, 0.05) is 18.3 Å². The molecule has 2 rings (SSSR count). The van der Waals surface area contributed by atoms with Gasteiger partial charge in [-0.3, -0.25) is 0 Å².